The second-order valence-corrected chi connectivity index (χ2v) is 10.6. The molecule has 0 saturated carbocycles. The summed E-state index contributed by atoms with van der Waals surface area (Å²) in [6, 6.07) is 16.0. The first-order chi connectivity index (χ1) is 18.6. The van der Waals surface area contributed by atoms with E-state index in [-0.39, 0.29) is 5.91 Å². The van der Waals surface area contributed by atoms with Gasteiger partial charge in [-0.2, -0.15) is 9.97 Å². The molecule has 6 rings (SSSR count). The molecule has 2 fully saturated rings. The van der Waals surface area contributed by atoms with Crippen molar-refractivity contribution in [2.24, 2.45) is 0 Å². The summed E-state index contributed by atoms with van der Waals surface area (Å²) in [5, 5.41) is 2.56. The fourth-order valence-electron chi connectivity index (χ4n) is 6.02. The van der Waals surface area contributed by atoms with E-state index in [2.05, 4.69) is 70.8 Å². The molecule has 2 aromatic carbocycles. The maximum absolute atomic E-state index is 12.1. The van der Waals surface area contributed by atoms with Crippen molar-refractivity contribution in [1.29, 1.82) is 0 Å². The lowest BCUT2D eigenvalue weighted by Crippen LogP contribution is -2.48. The van der Waals surface area contributed by atoms with Crippen LogP contribution in [0.1, 0.15) is 29.7 Å². The van der Waals surface area contributed by atoms with Crippen LogP contribution in [0.4, 0.5) is 5.82 Å². The van der Waals surface area contributed by atoms with Crippen LogP contribution < -0.4 is 9.64 Å². The standard InChI is InChI=1S/C30H36N6O2/c1-3-28(37)35-14-16-36(17-15-35)29-26-19-34(18-23-10-6-9-22-8-4-5-12-25(22)23)20-27(26)31-30(32-29)38-21-24-11-7-13-33(24)2/h3-6,8-10,12,24H,1,7,11,13-21H2,2H3. The van der Waals surface area contributed by atoms with E-state index in [1.807, 2.05) is 4.90 Å². The summed E-state index contributed by atoms with van der Waals surface area (Å²) in [4.78, 5) is 30.9. The number of hydrogen-bond acceptors (Lipinski definition) is 7. The van der Waals surface area contributed by atoms with Gasteiger partial charge in [-0.15, -0.1) is 0 Å². The number of hydrogen-bond donors (Lipinski definition) is 0. The molecule has 0 aliphatic carbocycles. The Labute approximate surface area is 224 Å². The maximum Gasteiger partial charge on any atom is 0.318 e. The summed E-state index contributed by atoms with van der Waals surface area (Å²) in [7, 11) is 2.16. The quantitative estimate of drug-likeness (QED) is 0.449. The van der Waals surface area contributed by atoms with Crippen molar-refractivity contribution in [3.8, 4) is 6.01 Å². The number of piperazine rings is 1. The number of aromatic nitrogens is 2. The number of carbonyl (C=O) groups excluding carboxylic acids is 1. The van der Waals surface area contributed by atoms with Crippen molar-refractivity contribution in [2.75, 3.05) is 51.3 Å². The van der Waals surface area contributed by atoms with Crippen molar-refractivity contribution in [3.63, 3.8) is 0 Å². The van der Waals surface area contributed by atoms with E-state index in [9.17, 15) is 4.79 Å². The van der Waals surface area contributed by atoms with Gasteiger partial charge in [-0.3, -0.25) is 9.69 Å². The largest absolute Gasteiger partial charge is 0.462 e. The average Bonchev–Trinajstić information content (AvgIpc) is 3.56. The molecule has 8 nitrogen and oxygen atoms in total. The molecule has 1 amide bonds. The van der Waals surface area contributed by atoms with Gasteiger partial charge in [0, 0.05) is 57.4 Å². The van der Waals surface area contributed by atoms with Gasteiger partial charge < -0.3 is 19.4 Å². The molecule has 4 heterocycles. The smallest absolute Gasteiger partial charge is 0.318 e. The molecular weight excluding hydrogens is 476 g/mol. The van der Waals surface area contributed by atoms with Gasteiger partial charge in [0.25, 0.3) is 0 Å². The number of nitrogens with zero attached hydrogens (tertiary/aromatic N) is 6. The zero-order valence-corrected chi connectivity index (χ0v) is 22.2. The molecule has 0 spiro atoms. The molecule has 0 bridgehead atoms. The third-order valence-corrected chi connectivity index (χ3v) is 8.22. The van der Waals surface area contributed by atoms with Crippen LogP contribution in [0.15, 0.2) is 55.1 Å². The minimum Gasteiger partial charge on any atom is -0.462 e. The average molecular weight is 513 g/mol. The van der Waals surface area contributed by atoms with Crippen LogP contribution >= 0.6 is 0 Å². The topological polar surface area (TPSA) is 65.0 Å². The Morgan fingerprint density at radius 1 is 1.05 bits per heavy atom. The van der Waals surface area contributed by atoms with Crippen molar-refractivity contribution in [2.45, 2.75) is 38.5 Å². The molecule has 0 N–H and O–H groups in total. The lowest BCUT2D eigenvalue weighted by Gasteiger charge is -2.35. The van der Waals surface area contributed by atoms with E-state index in [0.717, 1.165) is 57.2 Å². The number of likely N-dealkylation sites (tertiary alicyclic amines) is 1. The highest BCUT2D eigenvalue weighted by atomic mass is 16.5. The van der Waals surface area contributed by atoms with E-state index in [1.165, 1.54) is 34.4 Å². The Morgan fingerprint density at radius 2 is 1.87 bits per heavy atom. The molecule has 38 heavy (non-hydrogen) atoms. The zero-order chi connectivity index (χ0) is 26.1. The second kappa shape index (κ2) is 10.7. The van der Waals surface area contributed by atoms with E-state index in [1.54, 1.807) is 0 Å². The summed E-state index contributed by atoms with van der Waals surface area (Å²) >= 11 is 0. The van der Waals surface area contributed by atoms with Crippen LogP contribution in [-0.4, -0.2) is 83.0 Å². The fourth-order valence-corrected chi connectivity index (χ4v) is 6.02. The Balaban J connectivity index is 1.24. The van der Waals surface area contributed by atoms with Crippen LogP contribution in [0, 0.1) is 0 Å². The van der Waals surface area contributed by atoms with Gasteiger partial charge in [-0.1, -0.05) is 49.0 Å². The minimum absolute atomic E-state index is 0.0106. The SMILES string of the molecule is C=CC(=O)N1CCN(c2nc(OCC3CCCN3C)nc3c2CN(Cc2cccc4ccccc24)C3)CC1. The molecule has 1 atom stereocenters. The van der Waals surface area contributed by atoms with Crippen molar-refractivity contribution < 1.29 is 9.53 Å². The Morgan fingerprint density at radius 3 is 2.66 bits per heavy atom. The molecule has 3 aliphatic rings. The maximum atomic E-state index is 12.1. The van der Waals surface area contributed by atoms with Gasteiger partial charge in [-0.25, -0.2) is 0 Å². The number of amides is 1. The van der Waals surface area contributed by atoms with E-state index >= 15 is 0 Å². The molecule has 3 aliphatic heterocycles. The van der Waals surface area contributed by atoms with Gasteiger partial charge >= 0.3 is 6.01 Å². The van der Waals surface area contributed by atoms with Gasteiger partial charge in [0.15, 0.2) is 0 Å². The number of rotatable bonds is 7. The van der Waals surface area contributed by atoms with Gasteiger partial charge in [-0.05, 0) is 48.8 Å². The lowest BCUT2D eigenvalue weighted by molar-refractivity contribution is -0.126. The van der Waals surface area contributed by atoms with Crippen LogP contribution in [0.3, 0.4) is 0 Å². The summed E-state index contributed by atoms with van der Waals surface area (Å²) in [6.07, 6.45) is 3.75. The number of ether oxygens (including phenoxy) is 1. The second-order valence-electron chi connectivity index (χ2n) is 10.6. The Kier molecular flexibility index (Phi) is 7.00. The molecule has 0 radical (unpaired) electrons. The molecular formula is C30H36N6O2. The summed E-state index contributed by atoms with van der Waals surface area (Å²) in [5.74, 6) is 0.944. The van der Waals surface area contributed by atoms with Crippen molar-refractivity contribution in [3.05, 3.63) is 71.9 Å². The highest BCUT2D eigenvalue weighted by molar-refractivity contribution is 5.87. The number of anilines is 1. The number of carbonyl (C=O) groups is 1. The highest BCUT2D eigenvalue weighted by Crippen LogP contribution is 2.33. The molecule has 1 aromatic heterocycles. The number of benzene rings is 2. The Hall–Kier alpha value is -3.49. The first kappa shape index (κ1) is 24.8. The van der Waals surface area contributed by atoms with Crippen LogP contribution in [0.25, 0.3) is 10.8 Å². The van der Waals surface area contributed by atoms with E-state index in [4.69, 9.17) is 14.7 Å². The fraction of sp³-hybridized carbons (Fsp3) is 0.433. The molecule has 3 aromatic rings. The first-order valence-corrected chi connectivity index (χ1v) is 13.7. The Bertz CT molecular complexity index is 1330. The van der Waals surface area contributed by atoms with Gasteiger partial charge in [0.2, 0.25) is 5.91 Å². The van der Waals surface area contributed by atoms with Gasteiger partial charge in [0.05, 0.1) is 5.69 Å². The van der Waals surface area contributed by atoms with Crippen LogP contribution in [0.5, 0.6) is 6.01 Å². The molecule has 1 unspecified atom stereocenters. The number of likely N-dealkylation sites (N-methyl/N-ethyl adjacent to an activating group) is 1. The summed E-state index contributed by atoms with van der Waals surface area (Å²) < 4.78 is 6.22. The van der Waals surface area contributed by atoms with Crippen LogP contribution in [-0.2, 0) is 24.4 Å². The number of fused-ring (bicyclic) bond motifs is 2. The van der Waals surface area contributed by atoms with Gasteiger partial charge in [0.1, 0.15) is 12.4 Å². The molecule has 2 saturated heterocycles. The first-order valence-electron chi connectivity index (χ1n) is 13.7. The monoisotopic (exact) mass is 512 g/mol. The zero-order valence-electron chi connectivity index (χ0n) is 22.2. The molecule has 8 heteroatoms. The van der Waals surface area contributed by atoms with Crippen molar-refractivity contribution in [1.82, 2.24) is 24.7 Å². The normalized spacial score (nSPS) is 20.2. The highest BCUT2D eigenvalue weighted by Gasteiger charge is 2.31. The molecule has 198 valence electrons. The predicted octanol–water partition coefficient (Wildman–Crippen LogP) is 3.45. The summed E-state index contributed by atoms with van der Waals surface area (Å²) in [5.41, 5.74) is 3.55. The van der Waals surface area contributed by atoms with Crippen LogP contribution in [0.2, 0.25) is 0 Å². The third kappa shape index (κ3) is 4.98. The third-order valence-electron chi connectivity index (χ3n) is 8.22. The summed E-state index contributed by atoms with van der Waals surface area (Å²) in [6.45, 7) is 10.6. The van der Waals surface area contributed by atoms with E-state index in [0.29, 0.717) is 31.7 Å². The van der Waals surface area contributed by atoms with Crippen molar-refractivity contribution >= 4 is 22.5 Å². The minimum atomic E-state index is -0.0106. The predicted molar refractivity (Wildman–Crippen MR) is 149 cm³/mol. The van der Waals surface area contributed by atoms with E-state index < -0.39 is 0 Å². The lowest BCUT2D eigenvalue weighted by atomic mass is 10.0.